The van der Waals surface area contributed by atoms with Crippen LogP contribution >= 0.6 is 0 Å². The highest BCUT2D eigenvalue weighted by Crippen LogP contribution is 2.16. The fourth-order valence-corrected chi connectivity index (χ4v) is 4.24. The van der Waals surface area contributed by atoms with Crippen molar-refractivity contribution in [1.29, 1.82) is 0 Å². The molecule has 170 valence electrons. The first-order valence-corrected chi connectivity index (χ1v) is 11.7. The van der Waals surface area contributed by atoms with Gasteiger partial charge in [0.2, 0.25) is 0 Å². The fourth-order valence-electron chi connectivity index (χ4n) is 4.24. The van der Waals surface area contributed by atoms with E-state index < -0.39 is 0 Å². The molecular formula is C22H45N5O2. The van der Waals surface area contributed by atoms with Gasteiger partial charge in [-0.1, -0.05) is 13.8 Å². The molecule has 2 fully saturated rings. The number of likely N-dealkylation sites (tertiary alicyclic amines) is 1. The van der Waals surface area contributed by atoms with Crippen LogP contribution in [-0.4, -0.2) is 101 Å². The number of ether oxygens (including phenoxy) is 2. The summed E-state index contributed by atoms with van der Waals surface area (Å²) in [6.45, 7) is 17.5. The number of nitrogens with one attached hydrogen (secondary N) is 2. The van der Waals surface area contributed by atoms with Gasteiger partial charge in [-0.05, 0) is 51.1 Å². The maximum atomic E-state index is 5.54. The van der Waals surface area contributed by atoms with Gasteiger partial charge in [0.25, 0.3) is 0 Å². The molecule has 2 saturated heterocycles. The lowest BCUT2D eigenvalue weighted by Crippen LogP contribution is -2.47. The van der Waals surface area contributed by atoms with Crippen LogP contribution in [0.2, 0.25) is 0 Å². The molecule has 7 nitrogen and oxygen atoms in total. The lowest BCUT2D eigenvalue weighted by atomic mass is 9.97. The normalized spacial score (nSPS) is 21.5. The van der Waals surface area contributed by atoms with E-state index in [-0.39, 0.29) is 0 Å². The van der Waals surface area contributed by atoms with Crippen molar-refractivity contribution < 1.29 is 9.47 Å². The molecule has 0 amide bonds. The van der Waals surface area contributed by atoms with E-state index in [1.807, 2.05) is 0 Å². The minimum absolute atomic E-state index is 0.498. The molecular weight excluding hydrogens is 366 g/mol. The number of hydrogen-bond acceptors (Lipinski definition) is 5. The summed E-state index contributed by atoms with van der Waals surface area (Å²) < 4.78 is 10.7. The predicted molar refractivity (Wildman–Crippen MR) is 121 cm³/mol. The quantitative estimate of drug-likeness (QED) is 0.398. The predicted octanol–water partition coefficient (Wildman–Crippen LogP) is 1.65. The summed E-state index contributed by atoms with van der Waals surface area (Å²) in [5.74, 6) is 2.37. The van der Waals surface area contributed by atoms with Crippen molar-refractivity contribution >= 4 is 5.96 Å². The van der Waals surface area contributed by atoms with Crippen molar-refractivity contribution in [2.45, 2.75) is 46.1 Å². The Morgan fingerprint density at radius 1 is 1.14 bits per heavy atom. The van der Waals surface area contributed by atoms with Crippen molar-refractivity contribution in [3.63, 3.8) is 0 Å². The highest BCUT2D eigenvalue weighted by molar-refractivity contribution is 5.79. The molecule has 2 aliphatic rings. The van der Waals surface area contributed by atoms with E-state index in [4.69, 9.17) is 14.5 Å². The van der Waals surface area contributed by atoms with Crippen LogP contribution in [0.25, 0.3) is 0 Å². The van der Waals surface area contributed by atoms with Gasteiger partial charge in [0.05, 0.1) is 26.4 Å². The Morgan fingerprint density at radius 3 is 2.48 bits per heavy atom. The maximum Gasteiger partial charge on any atom is 0.191 e. The van der Waals surface area contributed by atoms with Gasteiger partial charge in [-0.2, -0.15) is 0 Å². The first-order chi connectivity index (χ1) is 14.1. The Bertz CT molecular complexity index is 446. The van der Waals surface area contributed by atoms with E-state index in [2.05, 4.69) is 41.2 Å². The van der Waals surface area contributed by atoms with Crippen molar-refractivity contribution in [2.75, 3.05) is 79.3 Å². The van der Waals surface area contributed by atoms with Crippen molar-refractivity contribution in [2.24, 2.45) is 16.8 Å². The Hall–Kier alpha value is -0.890. The van der Waals surface area contributed by atoms with Gasteiger partial charge in [-0.3, -0.25) is 9.89 Å². The molecule has 2 rings (SSSR count). The third kappa shape index (κ3) is 9.64. The molecule has 7 heteroatoms. The number of piperidine rings is 1. The van der Waals surface area contributed by atoms with Crippen LogP contribution < -0.4 is 10.6 Å². The topological polar surface area (TPSA) is 61.4 Å². The van der Waals surface area contributed by atoms with Gasteiger partial charge in [0.1, 0.15) is 0 Å². The van der Waals surface area contributed by atoms with E-state index in [0.29, 0.717) is 12.0 Å². The molecule has 0 saturated carbocycles. The fraction of sp³-hybridized carbons (Fsp3) is 0.955. The van der Waals surface area contributed by atoms with Crippen molar-refractivity contribution in [3.8, 4) is 0 Å². The Morgan fingerprint density at radius 2 is 1.86 bits per heavy atom. The number of guanidine groups is 1. The molecule has 1 unspecified atom stereocenters. The molecule has 2 heterocycles. The van der Waals surface area contributed by atoms with Crippen molar-refractivity contribution in [3.05, 3.63) is 0 Å². The molecule has 0 aromatic heterocycles. The Labute approximate surface area is 178 Å². The van der Waals surface area contributed by atoms with E-state index >= 15 is 0 Å². The van der Waals surface area contributed by atoms with Gasteiger partial charge in [-0.15, -0.1) is 0 Å². The number of rotatable bonds is 11. The summed E-state index contributed by atoms with van der Waals surface area (Å²) in [6, 6.07) is 0.498. The number of hydrogen-bond donors (Lipinski definition) is 2. The zero-order valence-corrected chi connectivity index (χ0v) is 19.3. The monoisotopic (exact) mass is 411 g/mol. The first-order valence-electron chi connectivity index (χ1n) is 11.7. The summed E-state index contributed by atoms with van der Waals surface area (Å²) in [5.41, 5.74) is 0. The highest BCUT2D eigenvalue weighted by Gasteiger charge is 2.22. The van der Waals surface area contributed by atoms with Gasteiger partial charge in [-0.25, -0.2) is 0 Å². The van der Waals surface area contributed by atoms with Crippen LogP contribution in [0.5, 0.6) is 0 Å². The number of morpholine rings is 1. The van der Waals surface area contributed by atoms with Crippen LogP contribution in [-0.2, 0) is 9.47 Å². The largest absolute Gasteiger partial charge is 0.383 e. The molecule has 0 aromatic rings. The average molecular weight is 412 g/mol. The van der Waals surface area contributed by atoms with Crippen LogP contribution in [0, 0.1) is 11.8 Å². The van der Waals surface area contributed by atoms with E-state index in [1.54, 1.807) is 7.11 Å². The zero-order chi connectivity index (χ0) is 20.9. The number of aliphatic imine (C=N–C) groups is 1. The third-order valence-electron chi connectivity index (χ3n) is 5.99. The minimum atomic E-state index is 0.498. The second-order valence-electron chi connectivity index (χ2n) is 8.81. The summed E-state index contributed by atoms with van der Waals surface area (Å²) in [7, 11) is 1.78. The van der Waals surface area contributed by atoms with Crippen LogP contribution in [0.1, 0.15) is 40.0 Å². The zero-order valence-electron chi connectivity index (χ0n) is 19.3. The Balaban J connectivity index is 1.81. The van der Waals surface area contributed by atoms with Gasteiger partial charge in [0, 0.05) is 45.9 Å². The van der Waals surface area contributed by atoms with E-state index in [0.717, 1.165) is 71.0 Å². The number of nitrogens with zero attached hydrogens (tertiary/aromatic N) is 3. The average Bonchev–Trinajstić information content (AvgIpc) is 2.74. The first kappa shape index (κ1) is 24.4. The van der Waals surface area contributed by atoms with Crippen LogP contribution in [0.15, 0.2) is 4.99 Å². The highest BCUT2D eigenvalue weighted by atomic mass is 16.5. The maximum absolute atomic E-state index is 5.54. The van der Waals surface area contributed by atoms with Gasteiger partial charge < -0.3 is 25.0 Å². The minimum Gasteiger partial charge on any atom is -0.383 e. The van der Waals surface area contributed by atoms with Crippen molar-refractivity contribution in [1.82, 2.24) is 20.4 Å². The molecule has 29 heavy (non-hydrogen) atoms. The SMILES string of the molecule is CCNC(=NCC(CC(C)C)N1CCOCC1)NCC1CCN(CCOC)CC1. The van der Waals surface area contributed by atoms with Gasteiger partial charge >= 0.3 is 0 Å². The molecule has 2 aliphatic heterocycles. The molecule has 0 bridgehead atoms. The second kappa shape index (κ2) is 14.2. The summed E-state index contributed by atoms with van der Waals surface area (Å²) in [5, 5.41) is 7.05. The van der Waals surface area contributed by atoms with Gasteiger partial charge in [0.15, 0.2) is 5.96 Å². The number of methoxy groups -OCH3 is 1. The summed E-state index contributed by atoms with van der Waals surface area (Å²) in [6.07, 6.45) is 3.68. The van der Waals surface area contributed by atoms with Crippen LogP contribution in [0.4, 0.5) is 0 Å². The third-order valence-corrected chi connectivity index (χ3v) is 5.99. The Kier molecular flexibility index (Phi) is 11.9. The van der Waals surface area contributed by atoms with E-state index in [9.17, 15) is 0 Å². The standard InChI is InChI=1S/C22H45N5O2/c1-5-23-22(24-17-20-6-8-26(9-7-20)10-13-28-4)25-18-21(16-19(2)3)27-11-14-29-15-12-27/h19-21H,5-18H2,1-4H3,(H2,23,24,25). The molecule has 0 spiro atoms. The molecule has 1 atom stereocenters. The molecule has 0 aromatic carbocycles. The summed E-state index contributed by atoms with van der Waals surface area (Å²) >= 11 is 0. The van der Waals surface area contributed by atoms with E-state index in [1.165, 1.54) is 32.4 Å². The lowest BCUT2D eigenvalue weighted by molar-refractivity contribution is 0.0143. The summed E-state index contributed by atoms with van der Waals surface area (Å²) in [4.78, 5) is 10.0. The lowest BCUT2D eigenvalue weighted by Gasteiger charge is -2.35. The van der Waals surface area contributed by atoms with Crippen LogP contribution in [0.3, 0.4) is 0 Å². The molecule has 2 N–H and O–H groups in total. The molecule has 0 radical (unpaired) electrons. The smallest absolute Gasteiger partial charge is 0.191 e. The second-order valence-corrected chi connectivity index (χ2v) is 8.81. The molecule has 0 aliphatic carbocycles.